The molecule has 0 spiro atoms. The fraction of sp³-hybridized carbons (Fsp3) is 0.889. The molecule has 2 aliphatic rings. The molecule has 0 aromatic heterocycles. The average Bonchev–Trinajstić information content (AvgIpc) is 0.897. The maximum atomic E-state index is 13.4. The Kier molecular flexibility index (Phi) is 61.2. The summed E-state index contributed by atoms with van der Waals surface area (Å²) in [5.41, 5.74) is 0. The molecule has 9 N–H and O–H groups in total. The molecular formula is C81H151NO13. The van der Waals surface area contributed by atoms with Gasteiger partial charge in [0.1, 0.15) is 48.8 Å². The number of hydrogen-bond acceptors (Lipinski definition) is 13. The van der Waals surface area contributed by atoms with Gasteiger partial charge in [0.25, 0.3) is 0 Å². The van der Waals surface area contributed by atoms with Crippen molar-refractivity contribution < 1.29 is 64.6 Å². The van der Waals surface area contributed by atoms with Gasteiger partial charge in [0.05, 0.1) is 32.0 Å². The molecule has 14 heteroatoms. The van der Waals surface area contributed by atoms with Gasteiger partial charge >= 0.3 is 0 Å². The van der Waals surface area contributed by atoms with E-state index in [4.69, 9.17) is 18.9 Å². The van der Waals surface area contributed by atoms with Crippen LogP contribution in [0.25, 0.3) is 0 Å². The third kappa shape index (κ3) is 48.4. The number of amides is 1. The average molecular weight is 1350 g/mol. The molecule has 2 aliphatic heterocycles. The lowest BCUT2D eigenvalue weighted by atomic mass is 9.97. The van der Waals surface area contributed by atoms with Crippen LogP contribution >= 0.6 is 0 Å². The molecule has 2 fully saturated rings. The van der Waals surface area contributed by atoms with E-state index in [9.17, 15) is 45.6 Å². The SMILES string of the molecule is CCCCCCC/C=C\C/C=C\CCCCCCCCCCCCCCCCCCCCCCCCCCCCCCCC(=O)NC(COC1OC(CO)C(OC2OC(CO)C(O)C(O)C2O)C(O)C1O)C(O)/C=C/CC/C=C/CCCCCCCCCCCCCCCC. The fourth-order valence-corrected chi connectivity index (χ4v) is 13.3. The Morgan fingerprint density at radius 3 is 1.09 bits per heavy atom. The van der Waals surface area contributed by atoms with Crippen LogP contribution in [0.3, 0.4) is 0 Å². The van der Waals surface area contributed by atoms with E-state index in [2.05, 4.69) is 55.6 Å². The lowest BCUT2D eigenvalue weighted by Gasteiger charge is -2.46. The van der Waals surface area contributed by atoms with Crippen molar-refractivity contribution in [3.8, 4) is 0 Å². The van der Waals surface area contributed by atoms with Gasteiger partial charge in [0.15, 0.2) is 12.6 Å². The second kappa shape index (κ2) is 65.3. The zero-order valence-corrected chi connectivity index (χ0v) is 61.2. The third-order valence-electron chi connectivity index (χ3n) is 19.7. The van der Waals surface area contributed by atoms with E-state index >= 15 is 0 Å². The van der Waals surface area contributed by atoms with Crippen molar-refractivity contribution in [3.05, 3.63) is 48.6 Å². The second-order valence-corrected chi connectivity index (χ2v) is 28.5. The number of rotatable bonds is 68. The van der Waals surface area contributed by atoms with Gasteiger partial charge in [-0.1, -0.05) is 345 Å². The molecule has 12 atom stereocenters. The summed E-state index contributed by atoms with van der Waals surface area (Å²) in [5, 5.41) is 87.5. The summed E-state index contributed by atoms with van der Waals surface area (Å²) in [6.45, 7) is 2.82. The Labute approximate surface area is 582 Å². The Bertz CT molecular complexity index is 1780. The summed E-state index contributed by atoms with van der Waals surface area (Å²) in [7, 11) is 0. The predicted molar refractivity (Wildman–Crippen MR) is 392 cm³/mol. The van der Waals surface area contributed by atoms with Crippen molar-refractivity contribution in [2.24, 2.45) is 0 Å². The fourth-order valence-electron chi connectivity index (χ4n) is 13.3. The summed E-state index contributed by atoms with van der Waals surface area (Å²) >= 11 is 0. The molecule has 0 radical (unpaired) electrons. The maximum absolute atomic E-state index is 13.4. The first-order chi connectivity index (χ1) is 46.6. The molecule has 0 aromatic rings. The van der Waals surface area contributed by atoms with Crippen molar-refractivity contribution >= 4 is 5.91 Å². The van der Waals surface area contributed by atoms with E-state index in [0.717, 1.165) is 38.5 Å². The number of allylic oxidation sites excluding steroid dienone is 7. The van der Waals surface area contributed by atoms with E-state index in [1.165, 1.54) is 295 Å². The molecule has 2 saturated heterocycles. The van der Waals surface area contributed by atoms with Crippen molar-refractivity contribution in [1.29, 1.82) is 0 Å². The lowest BCUT2D eigenvalue weighted by Crippen LogP contribution is -2.65. The lowest BCUT2D eigenvalue weighted by molar-refractivity contribution is -0.359. The summed E-state index contributed by atoms with van der Waals surface area (Å²) in [5.74, 6) is -0.242. The van der Waals surface area contributed by atoms with Crippen LogP contribution in [-0.2, 0) is 23.7 Å². The Morgan fingerprint density at radius 2 is 0.705 bits per heavy atom. The largest absolute Gasteiger partial charge is 0.394 e. The number of carbonyl (C=O) groups is 1. The number of carbonyl (C=O) groups excluding carboxylic acids is 1. The minimum atomic E-state index is -1.79. The van der Waals surface area contributed by atoms with Gasteiger partial charge in [-0.3, -0.25) is 4.79 Å². The molecule has 1 amide bonds. The second-order valence-electron chi connectivity index (χ2n) is 28.5. The van der Waals surface area contributed by atoms with Gasteiger partial charge in [-0.15, -0.1) is 0 Å². The Balaban J connectivity index is 1.56. The van der Waals surface area contributed by atoms with E-state index in [1.807, 2.05) is 6.08 Å². The van der Waals surface area contributed by atoms with Crippen LogP contribution < -0.4 is 5.32 Å². The van der Waals surface area contributed by atoms with Gasteiger partial charge in [-0.25, -0.2) is 0 Å². The number of unbranched alkanes of at least 4 members (excludes halogenated alkanes) is 49. The molecule has 0 aromatic carbocycles. The van der Waals surface area contributed by atoms with Crippen LogP contribution in [0.2, 0.25) is 0 Å². The molecule has 2 heterocycles. The third-order valence-corrected chi connectivity index (χ3v) is 19.7. The van der Waals surface area contributed by atoms with Crippen molar-refractivity contribution in [1.82, 2.24) is 5.32 Å². The molecule has 95 heavy (non-hydrogen) atoms. The number of nitrogens with one attached hydrogen (secondary N) is 1. The first-order valence-electron chi connectivity index (χ1n) is 40.4. The smallest absolute Gasteiger partial charge is 0.220 e. The standard InChI is InChI=1S/C81H151NO13/c1-3-5-7-9-11-13-15-17-19-21-23-25-26-27-28-29-30-31-32-33-34-35-36-37-38-39-40-41-42-43-44-45-47-49-51-53-55-57-59-61-63-65-73(86)82-69(70(85)64-62-60-58-56-54-52-50-48-46-24-22-20-18-16-14-12-10-8-6-4-2)68-92-80-78(91)76(89)79(72(67-84)94-80)95-81-77(90)75(88)74(87)71(66-83)93-81/h15,17,21,23,54,56,62,64,69-72,74-81,83-85,87-91H,3-14,16,18-20,22,24-53,55,57-61,63,65-68H2,1-2H3,(H,82,86)/b17-15-,23-21-,56-54+,64-62+. The quantitative estimate of drug-likeness (QED) is 0.0204. The van der Waals surface area contributed by atoms with E-state index in [-0.39, 0.29) is 18.9 Å². The van der Waals surface area contributed by atoms with Gasteiger partial charge < -0.3 is 65.1 Å². The first kappa shape index (κ1) is 89.0. The summed E-state index contributed by atoms with van der Waals surface area (Å²) in [6.07, 6.45) is 70.7. The predicted octanol–water partition coefficient (Wildman–Crippen LogP) is 18.2. The van der Waals surface area contributed by atoms with Crippen molar-refractivity contribution in [3.63, 3.8) is 0 Å². The number of aliphatic hydroxyl groups excluding tert-OH is 8. The van der Waals surface area contributed by atoms with Gasteiger partial charge in [-0.2, -0.15) is 0 Å². The van der Waals surface area contributed by atoms with E-state index in [1.54, 1.807) is 6.08 Å². The monoisotopic (exact) mass is 1350 g/mol. The maximum Gasteiger partial charge on any atom is 0.220 e. The van der Waals surface area contributed by atoms with Gasteiger partial charge in [-0.05, 0) is 64.2 Å². The van der Waals surface area contributed by atoms with Crippen LogP contribution in [0.1, 0.15) is 367 Å². The van der Waals surface area contributed by atoms with Crippen LogP contribution in [0.4, 0.5) is 0 Å². The minimum Gasteiger partial charge on any atom is -0.394 e. The van der Waals surface area contributed by atoms with Crippen molar-refractivity contribution in [2.75, 3.05) is 19.8 Å². The molecule has 0 saturated carbocycles. The highest BCUT2D eigenvalue weighted by Crippen LogP contribution is 2.30. The Hall–Kier alpha value is -2.05. The highest BCUT2D eigenvalue weighted by atomic mass is 16.7. The van der Waals surface area contributed by atoms with Crippen molar-refractivity contribution in [2.45, 2.75) is 441 Å². The van der Waals surface area contributed by atoms with Gasteiger partial charge in [0.2, 0.25) is 5.91 Å². The minimum absolute atomic E-state index is 0.242. The van der Waals surface area contributed by atoms with Crippen LogP contribution in [0.5, 0.6) is 0 Å². The molecule has 14 nitrogen and oxygen atoms in total. The highest BCUT2D eigenvalue weighted by molar-refractivity contribution is 5.76. The van der Waals surface area contributed by atoms with Gasteiger partial charge in [0, 0.05) is 6.42 Å². The number of aliphatic hydroxyl groups is 8. The molecule has 12 unspecified atom stereocenters. The molecule has 0 aliphatic carbocycles. The van der Waals surface area contributed by atoms with E-state index in [0.29, 0.717) is 12.8 Å². The zero-order chi connectivity index (χ0) is 68.7. The molecule has 2 rings (SSSR count). The normalized spacial score (nSPS) is 22.5. The van der Waals surface area contributed by atoms with Crippen LogP contribution in [0, 0.1) is 0 Å². The van der Waals surface area contributed by atoms with Crippen LogP contribution in [0.15, 0.2) is 48.6 Å². The van der Waals surface area contributed by atoms with Crippen LogP contribution in [-0.4, -0.2) is 140 Å². The molecule has 0 bridgehead atoms. The number of hydrogen-bond donors (Lipinski definition) is 9. The molecular weight excluding hydrogens is 1190 g/mol. The summed E-state index contributed by atoms with van der Waals surface area (Å²) < 4.78 is 22.9. The number of ether oxygens (including phenoxy) is 4. The summed E-state index contributed by atoms with van der Waals surface area (Å²) in [6, 6.07) is -0.931. The first-order valence-corrected chi connectivity index (χ1v) is 40.4. The highest BCUT2D eigenvalue weighted by Gasteiger charge is 2.51. The Morgan fingerprint density at radius 1 is 0.379 bits per heavy atom. The topological polar surface area (TPSA) is 228 Å². The molecule has 558 valence electrons. The zero-order valence-electron chi connectivity index (χ0n) is 61.2. The van der Waals surface area contributed by atoms with E-state index < -0.39 is 86.8 Å². The summed E-state index contributed by atoms with van der Waals surface area (Å²) in [4.78, 5) is 13.4.